The van der Waals surface area contributed by atoms with Gasteiger partial charge in [-0.2, -0.15) is 0 Å². The smallest absolute Gasteiger partial charge is 0.262 e. The molecule has 1 fully saturated rings. The van der Waals surface area contributed by atoms with Gasteiger partial charge in [0.2, 0.25) is 5.91 Å². The minimum absolute atomic E-state index is 0. The first-order chi connectivity index (χ1) is 11.6. The van der Waals surface area contributed by atoms with Crippen molar-refractivity contribution in [2.75, 3.05) is 13.1 Å². The van der Waals surface area contributed by atoms with Crippen LogP contribution in [0.1, 0.15) is 36.1 Å². The number of rotatable bonds is 3. The number of aryl methyl sites for hydroxylation is 3. The molecule has 25 heavy (non-hydrogen) atoms. The number of hydrogen-bond donors (Lipinski definition) is 1. The van der Waals surface area contributed by atoms with Crippen molar-refractivity contribution < 1.29 is 4.79 Å². The summed E-state index contributed by atoms with van der Waals surface area (Å²) >= 11 is 1.65. The summed E-state index contributed by atoms with van der Waals surface area (Å²) in [6, 6.07) is 0.0898. The van der Waals surface area contributed by atoms with Gasteiger partial charge < -0.3 is 10.6 Å². The highest BCUT2D eigenvalue weighted by Gasteiger charge is 2.24. The molecule has 1 aliphatic heterocycles. The molecule has 0 unspecified atom stereocenters. The molecule has 1 saturated heterocycles. The second-order valence-corrected chi connectivity index (χ2v) is 7.86. The van der Waals surface area contributed by atoms with Crippen molar-refractivity contribution in [1.29, 1.82) is 0 Å². The minimum atomic E-state index is 0. The topological polar surface area (TPSA) is 81.2 Å². The molecule has 0 aromatic carbocycles. The highest BCUT2D eigenvalue weighted by atomic mass is 35.5. The lowest BCUT2D eigenvalue weighted by atomic mass is 9.97. The number of nitrogens with two attached hydrogens (primary N) is 1. The molecular weight excluding hydrogens is 360 g/mol. The Bertz CT molecular complexity index is 847. The fourth-order valence-electron chi connectivity index (χ4n) is 3.73. The standard InChI is InChI=1S/C17H22N4O2S.ClH/c18-11-5-7-20(9-11)14(22)6-8-21-10-19-16-15(17(21)23)12-3-1-2-4-13(12)24-16;/h10-11H,1-9,18H2;1H/t11-;/m1./s1. The third-order valence-corrected chi connectivity index (χ3v) is 6.29. The van der Waals surface area contributed by atoms with E-state index in [1.54, 1.807) is 27.1 Å². The van der Waals surface area contributed by atoms with Crippen molar-refractivity contribution in [2.45, 2.75) is 51.1 Å². The Morgan fingerprint density at radius 3 is 2.92 bits per heavy atom. The Balaban J connectivity index is 0.00000182. The largest absolute Gasteiger partial charge is 0.341 e. The van der Waals surface area contributed by atoms with Crippen molar-refractivity contribution in [1.82, 2.24) is 14.5 Å². The molecule has 1 amide bonds. The van der Waals surface area contributed by atoms with Gasteiger partial charge >= 0.3 is 0 Å². The number of likely N-dealkylation sites (tertiary alicyclic amines) is 1. The van der Waals surface area contributed by atoms with Gasteiger partial charge in [-0.3, -0.25) is 14.2 Å². The van der Waals surface area contributed by atoms with Crippen LogP contribution < -0.4 is 11.3 Å². The van der Waals surface area contributed by atoms with E-state index in [-0.39, 0.29) is 29.9 Å². The maximum Gasteiger partial charge on any atom is 0.262 e. The molecule has 136 valence electrons. The van der Waals surface area contributed by atoms with Gasteiger partial charge in [0.15, 0.2) is 0 Å². The molecule has 8 heteroatoms. The summed E-state index contributed by atoms with van der Waals surface area (Å²) in [7, 11) is 0. The Hall–Kier alpha value is -1.44. The molecular formula is C17H23ClN4O2S. The number of hydrogen-bond acceptors (Lipinski definition) is 5. The number of fused-ring (bicyclic) bond motifs is 3. The quantitative estimate of drug-likeness (QED) is 0.876. The summed E-state index contributed by atoms with van der Waals surface area (Å²) in [5.41, 5.74) is 7.06. The summed E-state index contributed by atoms with van der Waals surface area (Å²) in [6.45, 7) is 1.74. The van der Waals surface area contributed by atoms with Crippen LogP contribution in [0.25, 0.3) is 10.2 Å². The van der Waals surface area contributed by atoms with Crippen LogP contribution in [0, 0.1) is 0 Å². The van der Waals surface area contributed by atoms with E-state index in [0.29, 0.717) is 19.5 Å². The number of amides is 1. The van der Waals surface area contributed by atoms with Gasteiger partial charge in [0.25, 0.3) is 5.56 Å². The van der Waals surface area contributed by atoms with E-state index in [4.69, 9.17) is 5.73 Å². The van der Waals surface area contributed by atoms with E-state index in [2.05, 4.69) is 4.98 Å². The Labute approximate surface area is 156 Å². The lowest BCUT2D eigenvalue weighted by molar-refractivity contribution is -0.130. The van der Waals surface area contributed by atoms with Crippen molar-refractivity contribution >= 4 is 39.9 Å². The molecule has 3 heterocycles. The third-order valence-electron chi connectivity index (χ3n) is 5.09. The molecule has 0 bridgehead atoms. The minimum Gasteiger partial charge on any atom is -0.341 e. The van der Waals surface area contributed by atoms with Crippen LogP contribution in [0.4, 0.5) is 0 Å². The lowest BCUT2D eigenvalue weighted by Gasteiger charge is -2.16. The highest BCUT2D eigenvalue weighted by Crippen LogP contribution is 2.33. The van der Waals surface area contributed by atoms with Gasteiger partial charge in [0.1, 0.15) is 4.83 Å². The number of carbonyl (C=O) groups excluding carboxylic acids is 1. The number of halogens is 1. The van der Waals surface area contributed by atoms with E-state index in [0.717, 1.165) is 42.4 Å². The Kier molecular flexibility index (Phi) is 5.46. The van der Waals surface area contributed by atoms with Gasteiger partial charge in [0.05, 0.1) is 11.7 Å². The van der Waals surface area contributed by atoms with Gasteiger partial charge in [-0.1, -0.05) is 0 Å². The molecule has 2 aromatic rings. The van der Waals surface area contributed by atoms with Crippen LogP contribution >= 0.6 is 23.7 Å². The molecule has 2 N–H and O–H groups in total. The number of thiophene rings is 1. The zero-order chi connectivity index (χ0) is 16.7. The van der Waals surface area contributed by atoms with Crippen LogP contribution in [0.15, 0.2) is 11.1 Å². The molecule has 0 radical (unpaired) electrons. The SMILES string of the molecule is Cl.N[C@@H]1CCN(C(=O)CCn2cnc3sc4c(c3c2=O)CCCC4)C1. The molecule has 0 spiro atoms. The normalized spacial score (nSPS) is 19.7. The second-order valence-electron chi connectivity index (χ2n) is 6.77. The Morgan fingerprint density at radius 2 is 2.16 bits per heavy atom. The summed E-state index contributed by atoms with van der Waals surface area (Å²) in [5.74, 6) is 0.0716. The van der Waals surface area contributed by atoms with Crippen LogP contribution in [0.5, 0.6) is 0 Å². The van der Waals surface area contributed by atoms with Crippen molar-refractivity contribution in [3.8, 4) is 0 Å². The summed E-state index contributed by atoms with van der Waals surface area (Å²) in [5, 5.41) is 0.785. The molecule has 2 aromatic heterocycles. The average Bonchev–Trinajstić information content (AvgIpc) is 3.17. The van der Waals surface area contributed by atoms with Crippen molar-refractivity contribution in [2.24, 2.45) is 5.73 Å². The summed E-state index contributed by atoms with van der Waals surface area (Å²) in [6.07, 6.45) is 7.15. The van der Waals surface area contributed by atoms with Crippen LogP contribution in [-0.4, -0.2) is 39.5 Å². The third kappa shape index (κ3) is 3.45. The second kappa shape index (κ2) is 7.43. The molecule has 0 saturated carbocycles. The van der Waals surface area contributed by atoms with E-state index in [1.165, 1.54) is 16.9 Å². The van der Waals surface area contributed by atoms with Crippen LogP contribution in [0.2, 0.25) is 0 Å². The number of aromatic nitrogens is 2. The summed E-state index contributed by atoms with van der Waals surface area (Å²) in [4.78, 5) is 33.5. The molecule has 4 rings (SSSR count). The first-order valence-corrected chi connectivity index (χ1v) is 9.48. The van der Waals surface area contributed by atoms with E-state index >= 15 is 0 Å². The molecule has 1 aliphatic carbocycles. The van der Waals surface area contributed by atoms with Gasteiger partial charge in [-0.05, 0) is 37.7 Å². The predicted octanol–water partition coefficient (Wildman–Crippen LogP) is 1.71. The number of carbonyl (C=O) groups is 1. The van der Waals surface area contributed by atoms with Crippen LogP contribution in [0.3, 0.4) is 0 Å². The predicted molar refractivity (Wildman–Crippen MR) is 102 cm³/mol. The molecule has 6 nitrogen and oxygen atoms in total. The molecule has 2 aliphatic rings. The van der Waals surface area contributed by atoms with E-state index in [1.807, 2.05) is 0 Å². The van der Waals surface area contributed by atoms with Gasteiger partial charge in [-0.15, -0.1) is 23.7 Å². The van der Waals surface area contributed by atoms with Gasteiger partial charge in [0, 0.05) is 37.0 Å². The average molecular weight is 383 g/mol. The fourth-order valence-corrected chi connectivity index (χ4v) is 4.95. The monoisotopic (exact) mass is 382 g/mol. The van der Waals surface area contributed by atoms with Gasteiger partial charge in [-0.25, -0.2) is 4.98 Å². The van der Waals surface area contributed by atoms with Crippen molar-refractivity contribution in [3.63, 3.8) is 0 Å². The first kappa shape index (κ1) is 18.4. The van der Waals surface area contributed by atoms with E-state index in [9.17, 15) is 9.59 Å². The number of nitrogens with zero attached hydrogens (tertiary/aromatic N) is 3. The Morgan fingerprint density at radius 1 is 1.36 bits per heavy atom. The first-order valence-electron chi connectivity index (χ1n) is 8.66. The maximum atomic E-state index is 12.8. The maximum absolute atomic E-state index is 12.8. The summed E-state index contributed by atoms with van der Waals surface area (Å²) < 4.78 is 1.60. The molecule has 1 atom stereocenters. The van der Waals surface area contributed by atoms with Crippen molar-refractivity contribution in [3.05, 3.63) is 27.1 Å². The fraction of sp³-hybridized carbons (Fsp3) is 0.588. The highest BCUT2D eigenvalue weighted by molar-refractivity contribution is 7.18. The lowest BCUT2D eigenvalue weighted by Crippen LogP contribution is -2.33. The zero-order valence-corrected chi connectivity index (χ0v) is 15.7. The van der Waals surface area contributed by atoms with E-state index < -0.39 is 0 Å². The van der Waals surface area contributed by atoms with Crippen LogP contribution in [-0.2, 0) is 24.2 Å². The zero-order valence-electron chi connectivity index (χ0n) is 14.1.